The molecule has 0 aliphatic carbocycles. The van der Waals surface area contributed by atoms with Crippen LogP contribution in [-0.2, 0) is 6.54 Å². The quantitative estimate of drug-likeness (QED) is 0.604. The summed E-state index contributed by atoms with van der Waals surface area (Å²) in [6.45, 7) is 5.33. The minimum absolute atomic E-state index is 0.0138. The number of nitrogens with zero attached hydrogens (tertiary/aromatic N) is 4. The van der Waals surface area contributed by atoms with Gasteiger partial charge in [0.1, 0.15) is 0 Å². The largest absolute Gasteiger partial charge is 0.493 e. The van der Waals surface area contributed by atoms with Gasteiger partial charge in [-0.1, -0.05) is 17.7 Å². The van der Waals surface area contributed by atoms with Crippen LogP contribution in [0, 0.1) is 6.92 Å². The third kappa shape index (κ3) is 4.69. The topological polar surface area (TPSA) is 80.9 Å². The van der Waals surface area contributed by atoms with Gasteiger partial charge >= 0.3 is 0 Å². The zero-order chi connectivity index (χ0) is 21.8. The number of hydrogen-bond donors (Lipinski definition) is 0. The number of rotatable bonds is 6. The highest BCUT2D eigenvalue weighted by Gasteiger charge is 2.24. The van der Waals surface area contributed by atoms with Crippen molar-refractivity contribution in [3.8, 4) is 23.0 Å². The fourth-order valence-corrected chi connectivity index (χ4v) is 3.66. The number of benzene rings is 2. The van der Waals surface area contributed by atoms with Crippen LogP contribution in [-0.4, -0.2) is 66.3 Å². The molecule has 0 bridgehead atoms. The molecule has 3 aromatic rings. The van der Waals surface area contributed by atoms with E-state index in [0.29, 0.717) is 48.5 Å². The van der Waals surface area contributed by atoms with Crippen LogP contribution in [0.15, 0.2) is 46.9 Å². The van der Waals surface area contributed by atoms with E-state index < -0.39 is 0 Å². The summed E-state index contributed by atoms with van der Waals surface area (Å²) in [4.78, 5) is 17.0. The van der Waals surface area contributed by atoms with Gasteiger partial charge in [0.05, 0.1) is 20.8 Å². The molecule has 1 saturated heterocycles. The van der Waals surface area contributed by atoms with E-state index in [0.717, 1.165) is 24.2 Å². The fraction of sp³-hybridized carbons (Fsp3) is 0.348. The van der Waals surface area contributed by atoms with Gasteiger partial charge in [-0.15, -0.1) is 10.2 Å². The zero-order valence-corrected chi connectivity index (χ0v) is 18.0. The Balaban J connectivity index is 1.34. The van der Waals surface area contributed by atoms with E-state index in [1.165, 1.54) is 0 Å². The summed E-state index contributed by atoms with van der Waals surface area (Å²) in [5, 5.41) is 8.37. The van der Waals surface area contributed by atoms with Crippen LogP contribution in [0.2, 0.25) is 0 Å². The number of hydrogen-bond acceptors (Lipinski definition) is 7. The number of ether oxygens (including phenoxy) is 2. The Kier molecular flexibility index (Phi) is 6.18. The molecular weight excluding hydrogens is 396 g/mol. The maximum atomic E-state index is 12.9. The highest BCUT2D eigenvalue weighted by molar-refractivity contribution is 5.95. The van der Waals surface area contributed by atoms with Crippen molar-refractivity contribution in [2.24, 2.45) is 0 Å². The molecule has 1 fully saturated rings. The molecule has 31 heavy (non-hydrogen) atoms. The molecule has 0 atom stereocenters. The highest BCUT2D eigenvalue weighted by Crippen LogP contribution is 2.28. The smallest absolute Gasteiger partial charge is 0.254 e. The number of aryl methyl sites for hydroxylation is 1. The van der Waals surface area contributed by atoms with E-state index in [9.17, 15) is 4.79 Å². The number of carbonyl (C=O) groups is 1. The predicted molar refractivity (Wildman–Crippen MR) is 115 cm³/mol. The summed E-state index contributed by atoms with van der Waals surface area (Å²) < 4.78 is 16.4. The van der Waals surface area contributed by atoms with Crippen molar-refractivity contribution < 1.29 is 18.7 Å². The maximum Gasteiger partial charge on any atom is 0.254 e. The molecule has 8 nitrogen and oxygen atoms in total. The Morgan fingerprint density at radius 2 is 1.77 bits per heavy atom. The van der Waals surface area contributed by atoms with Crippen molar-refractivity contribution in [1.82, 2.24) is 20.0 Å². The van der Waals surface area contributed by atoms with Crippen LogP contribution in [0.4, 0.5) is 0 Å². The lowest BCUT2D eigenvalue weighted by Crippen LogP contribution is -2.48. The minimum Gasteiger partial charge on any atom is -0.493 e. The normalized spacial score (nSPS) is 14.5. The first kappa shape index (κ1) is 20.9. The van der Waals surface area contributed by atoms with E-state index in [4.69, 9.17) is 13.9 Å². The molecule has 162 valence electrons. The fourth-order valence-electron chi connectivity index (χ4n) is 3.66. The third-order valence-corrected chi connectivity index (χ3v) is 5.38. The molecule has 0 unspecified atom stereocenters. The van der Waals surface area contributed by atoms with Gasteiger partial charge in [0.2, 0.25) is 11.8 Å². The molecule has 2 aromatic carbocycles. The number of carbonyl (C=O) groups excluding carboxylic acids is 1. The number of aromatic nitrogens is 2. The molecule has 0 saturated carbocycles. The van der Waals surface area contributed by atoms with Crippen LogP contribution in [0.25, 0.3) is 11.5 Å². The van der Waals surface area contributed by atoms with E-state index in [1.54, 1.807) is 32.4 Å². The van der Waals surface area contributed by atoms with Crippen molar-refractivity contribution in [3.63, 3.8) is 0 Å². The van der Waals surface area contributed by atoms with E-state index in [1.807, 2.05) is 36.1 Å². The molecule has 1 aliphatic heterocycles. The first-order valence-corrected chi connectivity index (χ1v) is 10.2. The first-order chi connectivity index (χ1) is 15.1. The monoisotopic (exact) mass is 422 g/mol. The van der Waals surface area contributed by atoms with Gasteiger partial charge in [-0.25, -0.2) is 0 Å². The summed E-state index contributed by atoms with van der Waals surface area (Å²) >= 11 is 0. The Morgan fingerprint density at radius 1 is 1.00 bits per heavy atom. The second kappa shape index (κ2) is 9.18. The van der Waals surface area contributed by atoms with E-state index in [-0.39, 0.29) is 5.91 Å². The molecule has 8 heteroatoms. The lowest BCUT2D eigenvalue weighted by Gasteiger charge is -2.34. The Bertz CT molecular complexity index is 1060. The first-order valence-electron chi connectivity index (χ1n) is 10.2. The average molecular weight is 422 g/mol. The summed E-state index contributed by atoms with van der Waals surface area (Å²) in [5.41, 5.74) is 2.66. The molecule has 1 aliphatic rings. The number of amides is 1. The number of methoxy groups -OCH3 is 2. The second-order valence-electron chi connectivity index (χ2n) is 7.51. The van der Waals surface area contributed by atoms with Gasteiger partial charge in [0, 0.05) is 37.3 Å². The standard InChI is InChI=1S/C23H26N4O4/c1-16-5-4-6-17(13-16)22-25-24-21(31-22)15-26-9-11-27(12-10-26)23(28)18-7-8-19(29-2)20(14-18)30-3/h4-8,13-14H,9-12,15H2,1-3H3. The van der Waals surface area contributed by atoms with Gasteiger partial charge in [0.25, 0.3) is 5.91 Å². The van der Waals surface area contributed by atoms with Gasteiger partial charge in [0.15, 0.2) is 11.5 Å². The van der Waals surface area contributed by atoms with E-state index in [2.05, 4.69) is 15.1 Å². The lowest BCUT2D eigenvalue weighted by atomic mass is 10.1. The highest BCUT2D eigenvalue weighted by atomic mass is 16.5. The molecule has 0 radical (unpaired) electrons. The van der Waals surface area contributed by atoms with Crippen molar-refractivity contribution >= 4 is 5.91 Å². The molecule has 0 N–H and O–H groups in total. The molecular formula is C23H26N4O4. The van der Waals surface area contributed by atoms with Gasteiger partial charge in [-0.05, 0) is 37.3 Å². The van der Waals surface area contributed by atoms with Gasteiger partial charge in [-0.3, -0.25) is 9.69 Å². The SMILES string of the molecule is COc1ccc(C(=O)N2CCN(Cc3nnc(-c4cccc(C)c4)o3)CC2)cc1OC. The van der Waals surface area contributed by atoms with Crippen LogP contribution < -0.4 is 9.47 Å². The minimum atomic E-state index is -0.0138. The average Bonchev–Trinajstić information content (AvgIpc) is 3.27. The van der Waals surface area contributed by atoms with E-state index >= 15 is 0 Å². The number of piperazine rings is 1. The van der Waals surface area contributed by atoms with Gasteiger partial charge in [-0.2, -0.15) is 0 Å². The van der Waals surface area contributed by atoms with Gasteiger partial charge < -0.3 is 18.8 Å². The summed E-state index contributed by atoms with van der Waals surface area (Å²) in [6, 6.07) is 13.2. The van der Waals surface area contributed by atoms with Crippen molar-refractivity contribution in [1.29, 1.82) is 0 Å². The van der Waals surface area contributed by atoms with Crippen LogP contribution >= 0.6 is 0 Å². The molecule has 1 amide bonds. The summed E-state index contributed by atoms with van der Waals surface area (Å²) in [5.74, 6) is 2.25. The van der Waals surface area contributed by atoms with Crippen molar-refractivity contribution in [3.05, 3.63) is 59.5 Å². The van der Waals surface area contributed by atoms with Crippen LogP contribution in [0.1, 0.15) is 21.8 Å². The lowest BCUT2D eigenvalue weighted by molar-refractivity contribution is 0.0618. The Hall–Kier alpha value is -3.39. The predicted octanol–water partition coefficient (Wildman–Crippen LogP) is 3.02. The Morgan fingerprint density at radius 3 is 2.48 bits per heavy atom. The summed E-state index contributed by atoms with van der Waals surface area (Å²) in [6.07, 6.45) is 0. The molecule has 4 rings (SSSR count). The second-order valence-corrected chi connectivity index (χ2v) is 7.51. The Labute approximate surface area is 181 Å². The molecule has 2 heterocycles. The molecule has 0 spiro atoms. The van der Waals surface area contributed by atoms with Crippen molar-refractivity contribution in [2.45, 2.75) is 13.5 Å². The van der Waals surface area contributed by atoms with Crippen molar-refractivity contribution in [2.75, 3.05) is 40.4 Å². The summed E-state index contributed by atoms with van der Waals surface area (Å²) in [7, 11) is 3.14. The third-order valence-electron chi connectivity index (χ3n) is 5.38. The van der Waals surface area contributed by atoms with Crippen LogP contribution in [0.3, 0.4) is 0 Å². The molecule has 1 aromatic heterocycles. The zero-order valence-electron chi connectivity index (χ0n) is 18.0. The van der Waals surface area contributed by atoms with Crippen LogP contribution in [0.5, 0.6) is 11.5 Å². The maximum absolute atomic E-state index is 12.9.